The van der Waals surface area contributed by atoms with Crippen LogP contribution in [0.15, 0.2) is 60.9 Å². The summed E-state index contributed by atoms with van der Waals surface area (Å²) >= 11 is 0. The number of nitrogens with one attached hydrogen (secondary N) is 1. The predicted octanol–water partition coefficient (Wildman–Crippen LogP) is 2.87. The summed E-state index contributed by atoms with van der Waals surface area (Å²) in [5, 5.41) is 4.79. The van der Waals surface area contributed by atoms with Crippen LogP contribution in [0.1, 0.15) is 16.8 Å². The Labute approximate surface area is 147 Å². The van der Waals surface area contributed by atoms with Crippen LogP contribution in [0, 0.1) is 0 Å². The summed E-state index contributed by atoms with van der Waals surface area (Å²) in [4.78, 5) is 19.5. The number of benzene rings is 2. The van der Waals surface area contributed by atoms with Gasteiger partial charge in [0.25, 0.3) is 5.91 Å². The van der Waals surface area contributed by atoms with Crippen LogP contribution < -0.4 is 11.1 Å². The Morgan fingerprint density at radius 2 is 1.72 bits per heavy atom. The number of nitrogens with two attached hydrogens (primary N) is 1. The number of aromatic nitrogens is 1. The second kappa shape index (κ2) is 7.66. The van der Waals surface area contributed by atoms with Crippen LogP contribution in [0.5, 0.6) is 0 Å². The van der Waals surface area contributed by atoms with Crippen molar-refractivity contribution in [3.63, 3.8) is 0 Å². The second-order valence-electron chi connectivity index (χ2n) is 5.95. The maximum atomic E-state index is 12.9. The molecule has 0 saturated heterocycles. The second-order valence-corrected chi connectivity index (χ2v) is 5.95. The molecule has 0 unspecified atom stereocenters. The van der Waals surface area contributed by atoms with Gasteiger partial charge in [0.2, 0.25) is 0 Å². The van der Waals surface area contributed by atoms with Gasteiger partial charge in [-0.1, -0.05) is 36.4 Å². The van der Waals surface area contributed by atoms with Gasteiger partial charge in [0.05, 0.1) is 16.6 Å². The lowest BCUT2D eigenvalue weighted by Crippen LogP contribution is -2.27. The summed E-state index contributed by atoms with van der Waals surface area (Å²) in [6, 6.07) is 15.5. The van der Waals surface area contributed by atoms with Crippen LogP contribution in [0.25, 0.3) is 21.8 Å². The van der Waals surface area contributed by atoms with E-state index in [1.54, 1.807) is 0 Å². The molecule has 0 radical (unpaired) electrons. The smallest absolute Gasteiger partial charge is 0.252 e. The van der Waals surface area contributed by atoms with E-state index in [0.29, 0.717) is 12.1 Å². The Bertz CT molecular complexity index is 866. The van der Waals surface area contributed by atoms with E-state index in [-0.39, 0.29) is 5.91 Å². The summed E-state index contributed by atoms with van der Waals surface area (Å²) < 4.78 is 0. The van der Waals surface area contributed by atoms with Crippen LogP contribution in [0.3, 0.4) is 0 Å². The highest BCUT2D eigenvalue weighted by molar-refractivity contribution is 6.16. The van der Waals surface area contributed by atoms with Crippen molar-refractivity contribution in [3.05, 3.63) is 66.5 Å². The van der Waals surface area contributed by atoms with Gasteiger partial charge in [0.1, 0.15) is 0 Å². The molecular weight excluding hydrogens is 312 g/mol. The van der Waals surface area contributed by atoms with E-state index in [9.17, 15) is 4.79 Å². The SMILES string of the molecule is CN(/C=C\N)CCCNC(=O)c1c2ccccc2nc2ccccc12. The molecule has 0 saturated carbocycles. The first-order valence-corrected chi connectivity index (χ1v) is 8.35. The van der Waals surface area contributed by atoms with Gasteiger partial charge in [-0.25, -0.2) is 4.98 Å². The summed E-state index contributed by atoms with van der Waals surface area (Å²) in [6.07, 6.45) is 4.16. The fourth-order valence-electron chi connectivity index (χ4n) is 2.92. The molecule has 0 aliphatic carbocycles. The van der Waals surface area contributed by atoms with Crippen molar-refractivity contribution in [2.75, 3.05) is 20.1 Å². The third-order valence-corrected chi connectivity index (χ3v) is 4.13. The van der Waals surface area contributed by atoms with Crippen molar-refractivity contribution in [3.8, 4) is 0 Å². The van der Waals surface area contributed by atoms with Gasteiger partial charge in [-0.15, -0.1) is 0 Å². The Hall–Kier alpha value is -3.08. The molecule has 1 amide bonds. The molecule has 5 heteroatoms. The average Bonchev–Trinajstić information content (AvgIpc) is 2.63. The van der Waals surface area contributed by atoms with Crippen LogP contribution in [0.2, 0.25) is 0 Å². The number of carbonyl (C=O) groups is 1. The van der Waals surface area contributed by atoms with Gasteiger partial charge in [0.15, 0.2) is 0 Å². The normalized spacial score (nSPS) is 11.2. The Balaban J connectivity index is 1.84. The van der Waals surface area contributed by atoms with E-state index < -0.39 is 0 Å². The minimum Gasteiger partial charge on any atom is -0.403 e. The van der Waals surface area contributed by atoms with Gasteiger partial charge >= 0.3 is 0 Å². The molecule has 3 rings (SSSR count). The van der Waals surface area contributed by atoms with Gasteiger partial charge in [0, 0.05) is 43.3 Å². The number of pyridine rings is 1. The zero-order valence-corrected chi connectivity index (χ0v) is 14.3. The molecule has 1 aromatic heterocycles. The molecule has 2 aromatic carbocycles. The lowest BCUT2D eigenvalue weighted by Gasteiger charge is -2.14. The highest BCUT2D eigenvalue weighted by Gasteiger charge is 2.15. The zero-order valence-electron chi connectivity index (χ0n) is 14.3. The largest absolute Gasteiger partial charge is 0.403 e. The van der Waals surface area contributed by atoms with Crippen LogP contribution in [-0.2, 0) is 0 Å². The lowest BCUT2D eigenvalue weighted by atomic mass is 10.0. The number of amides is 1. The molecule has 0 atom stereocenters. The number of carbonyl (C=O) groups excluding carboxylic acids is 1. The molecule has 128 valence electrons. The molecule has 0 aliphatic heterocycles. The molecule has 25 heavy (non-hydrogen) atoms. The van der Waals surface area contributed by atoms with Gasteiger partial charge in [-0.3, -0.25) is 4.79 Å². The Morgan fingerprint density at radius 1 is 1.12 bits per heavy atom. The molecule has 0 aliphatic rings. The van der Waals surface area contributed by atoms with Crippen molar-refractivity contribution in [2.24, 2.45) is 5.73 Å². The number of fused-ring (bicyclic) bond motifs is 2. The third kappa shape index (κ3) is 3.71. The number of hydrogen-bond donors (Lipinski definition) is 2. The zero-order chi connectivity index (χ0) is 17.6. The summed E-state index contributed by atoms with van der Waals surface area (Å²) in [7, 11) is 1.95. The van der Waals surface area contributed by atoms with E-state index in [2.05, 4.69) is 10.3 Å². The van der Waals surface area contributed by atoms with Crippen molar-refractivity contribution in [2.45, 2.75) is 6.42 Å². The van der Waals surface area contributed by atoms with E-state index in [1.807, 2.05) is 66.7 Å². The maximum absolute atomic E-state index is 12.9. The fourth-order valence-corrected chi connectivity index (χ4v) is 2.92. The molecule has 0 bridgehead atoms. The number of para-hydroxylation sites is 2. The van der Waals surface area contributed by atoms with Gasteiger partial charge in [-0.2, -0.15) is 0 Å². The monoisotopic (exact) mass is 334 g/mol. The summed E-state index contributed by atoms with van der Waals surface area (Å²) in [5.74, 6) is -0.0631. The Kier molecular flexibility index (Phi) is 5.14. The topological polar surface area (TPSA) is 71.2 Å². The van der Waals surface area contributed by atoms with Crippen molar-refractivity contribution < 1.29 is 4.79 Å². The van der Waals surface area contributed by atoms with Gasteiger partial charge in [-0.05, 0) is 18.6 Å². The molecule has 5 nitrogen and oxygen atoms in total. The first-order valence-electron chi connectivity index (χ1n) is 8.35. The van der Waals surface area contributed by atoms with Crippen molar-refractivity contribution in [1.82, 2.24) is 15.2 Å². The standard InChI is InChI=1S/C20H22N4O/c1-24(14-11-21)13-6-12-22-20(25)19-15-7-2-4-9-17(15)23-18-10-5-3-8-16(18)19/h2-5,7-11,14H,6,12-13,21H2,1H3,(H,22,25)/b14-11-. The first-order chi connectivity index (χ1) is 12.2. The van der Waals surface area contributed by atoms with Crippen LogP contribution >= 0.6 is 0 Å². The molecule has 0 spiro atoms. The highest BCUT2D eigenvalue weighted by Crippen LogP contribution is 2.25. The lowest BCUT2D eigenvalue weighted by molar-refractivity contribution is 0.0955. The number of hydrogen-bond acceptors (Lipinski definition) is 4. The van der Waals surface area contributed by atoms with E-state index in [1.165, 1.54) is 6.20 Å². The fraction of sp³-hybridized carbons (Fsp3) is 0.200. The van der Waals surface area contributed by atoms with Gasteiger partial charge < -0.3 is 16.0 Å². The van der Waals surface area contributed by atoms with E-state index in [0.717, 1.165) is 34.8 Å². The number of rotatable bonds is 6. The minimum absolute atomic E-state index is 0.0631. The Morgan fingerprint density at radius 3 is 2.32 bits per heavy atom. The third-order valence-electron chi connectivity index (χ3n) is 4.13. The first kappa shape index (κ1) is 16.8. The predicted molar refractivity (Wildman–Crippen MR) is 102 cm³/mol. The summed E-state index contributed by atoms with van der Waals surface area (Å²) in [5.41, 5.74) is 7.72. The summed E-state index contributed by atoms with van der Waals surface area (Å²) in [6.45, 7) is 1.43. The molecular formula is C20H22N4O. The molecule has 1 heterocycles. The van der Waals surface area contributed by atoms with Crippen LogP contribution in [-0.4, -0.2) is 35.9 Å². The molecule has 3 aromatic rings. The highest BCUT2D eigenvalue weighted by atomic mass is 16.1. The number of nitrogens with zero attached hydrogens (tertiary/aromatic N) is 2. The maximum Gasteiger partial charge on any atom is 0.252 e. The average molecular weight is 334 g/mol. The van der Waals surface area contributed by atoms with E-state index in [4.69, 9.17) is 5.73 Å². The van der Waals surface area contributed by atoms with Crippen molar-refractivity contribution >= 4 is 27.7 Å². The quantitative estimate of drug-likeness (QED) is 0.537. The molecule has 0 fully saturated rings. The van der Waals surface area contributed by atoms with Crippen LogP contribution in [0.4, 0.5) is 0 Å². The van der Waals surface area contributed by atoms with Crippen molar-refractivity contribution in [1.29, 1.82) is 0 Å². The minimum atomic E-state index is -0.0631. The van der Waals surface area contributed by atoms with E-state index >= 15 is 0 Å². The molecule has 3 N–H and O–H groups in total.